The molecule has 0 radical (unpaired) electrons. The molecule has 0 aliphatic carbocycles. The molecular weight excluding hydrogens is 403 g/mol. The molecule has 1 atom stereocenters. The maximum absolute atomic E-state index is 13.8. The minimum Gasteiger partial charge on any atom is -0.492 e. The first kappa shape index (κ1) is 22.0. The zero-order valence-corrected chi connectivity index (χ0v) is 18.1. The molecular formula is C27H29FN2O2. The summed E-state index contributed by atoms with van der Waals surface area (Å²) in [5, 5.41) is 3.33. The number of nitrogens with one attached hydrogen (secondary N) is 1. The normalized spacial score (nSPS) is 15.2. The summed E-state index contributed by atoms with van der Waals surface area (Å²) in [5.41, 5.74) is 1.89. The number of benzene rings is 3. The van der Waals surface area contributed by atoms with Gasteiger partial charge in [0.1, 0.15) is 18.2 Å². The van der Waals surface area contributed by atoms with Crippen molar-refractivity contribution in [1.29, 1.82) is 0 Å². The van der Waals surface area contributed by atoms with Crippen molar-refractivity contribution in [3.63, 3.8) is 0 Å². The van der Waals surface area contributed by atoms with E-state index in [4.69, 9.17) is 4.74 Å². The average Bonchev–Trinajstić information content (AvgIpc) is 2.86. The lowest BCUT2D eigenvalue weighted by Gasteiger charge is -2.36. The molecule has 0 spiro atoms. The van der Waals surface area contributed by atoms with E-state index in [-0.39, 0.29) is 23.7 Å². The highest BCUT2D eigenvalue weighted by molar-refractivity contribution is 5.80. The van der Waals surface area contributed by atoms with Crippen LogP contribution in [0.1, 0.15) is 30.0 Å². The van der Waals surface area contributed by atoms with Gasteiger partial charge in [-0.2, -0.15) is 0 Å². The minimum atomic E-state index is -0.307. The molecule has 3 aromatic rings. The number of carbonyl (C=O) groups is 1. The molecule has 1 N–H and O–H groups in total. The third-order valence-electron chi connectivity index (χ3n) is 5.93. The molecule has 3 aromatic carbocycles. The molecule has 4 nitrogen and oxygen atoms in total. The zero-order valence-electron chi connectivity index (χ0n) is 18.1. The molecule has 1 aliphatic rings. The predicted molar refractivity (Wildman–Crippen MR) is 124 cm³/mol. The van der Waals surface area contributed by atoms with Gasteiger partial charge in [0.05, 0.1) is 12.6 Å². The standard InChI is InChI=1S/C27H29FN2O2/c28-24-13-11-22(12-14-24)26(21-7-3-1-4-8-21)30(27(31)23-15-17-29-18-16-23)19-20-32-25-9-5-2-6-10-25/h1-14,23,26,29H,15-20H2/t26-/m0/s1. The highest BCUT2D eigenvalue weighted by Gasteiger charge is 2.32. The second kappa shape index (κ2) is 10.9. The van der Waals surface area contributed by atoms with Crippen LogP contribution in [0.4, 0.5) is 4.39 Å². The van der Waals surface area contributed by atoms with Crippen LogP contribution in [0.2, 0.25) is 0 Å². The van der Waals surface area contributed by atoms with Crippen LogP contribution >= 0.6 is 0 Å². The van der Waals surface area contributed by atoms with Crippen LogP contribution in [0.15, 0.2) is 84.9 Å². The maximum atomic E-state index is 13.8. The Hall–Kier alpha value is -3.18. The van der Waals surface area contributed by atoms with Gasteiger partial charge in [-0.3, -0.25) is 4.79 Å². The smallest absolute Gasteiger partial charge is 0.226 e. The van der Waals surface area contributed by atoms with Crippen molar-refractivity contribution in [3.05, 3.63) is 102 Å². The Kier molecular flexibility index (Phi) is 7.51. The van der Waals surface area contributed by atoms with Crippen molar-refractivity contribution in [2.75, 3.05) is 26.2 Å². The van der Waals surface area contributed by atoms with E-state index in [1.165, 1.54) is 12.1 Å². The summed E-state index contributed by atoms with van der Waals surface area (Å²) >= 11 is 0. The third kappa shape index (κ3) is 5.54. The Morgan fingerprint density at radius 1 is 0.906 bits per heavy atom. The lowest BCUT2D eigenvalue weighted by Crippen LogP contribution is -2.44. The Morgan fingerprint density at radius 2 is 1.50 bits per heavy atom. The topological polar surface area (TPSA) is 41.6 Å². The molecule has 1 fully saturated rings. The number of hydrogen-bond acceptors (Lipinski definition) is 3. The van der Waals surface area contributed by atoms with Gasteiger partial charge in [0.15, 0.2) is 0 Å². The van der Waals surface area contributed by atoms with E-state index in [2.05, 4.69) is 5.32 Å². The van der Waals surface area contributed by atoms with Gasteiger partial charge in [0, 0.05) is 5.92 Å². The molecule has 0 bridgehead atoms. The summed E-state index contributed by atoms with van der Waals surface area (Å²) in [6.07, 6.45) is 1.64. The number of ether oxygens (including phenoxy) is 1. The van der Waals surface area contributed by atoms with Crippen LogP contribution in [0.25, 0.3) is 0 Å². The number of rotatable bonds is 8. The monoisotopic (exact) mass is 432 g/mol. The fraction of sp³-hybridized carbons (Fsp3) is 0.296. The van der Waals surface area contributed by atoms with E-state index in [1.807, 2.05) is 65.6 Å². The molecule has 0 unspecified atom stereocenters. The van der Waals surface area contributed by atoms with Gasteiger partial charge >= 0.3 is 0 Å². The van der Waals surface area contributed by atoms with Crippen molar-refractivity contribution < 1.29 is 13.9 Å². The predicted octanol–water partition coefficient (Wildman–Crippen LogP) is 4.82. The molecule has 1 amide bonds. The van der Waals surface area contributed by atoms with Crippen molar-refractivity contribution >= 4 is 5.91 Å². The molecule has 1 aliphatic heterocycles. The zero-order chi connectivity index (χ0) is 22.2. The van der Waals surface area contributed by atoms with Crippen LogP contribution in [0.5, 0.6) is 5.75 Å². The molecule has 32 heavy (non-hydrogen) atoms. The van der Waals surface area contributed by atoms with Crippen molar-refractivity contribution in [1.82, 2.24) is 10.2 Å². The summed E-state index contributed by atoms with van der Waals surface area (Å²) in [6.45, 7) is 2.51. The van der Waals surface area contributed by atoms with E-state index < -0.39 is 0 Å². The number of nitrogens with zero attached hydrogens (tertiary/aromatic N) is 1. The second-order valence-electron chi connectivity index (χ2n) is 8.08. The number of piperidine rings is 1. The van der Waals surface area contributed by atoms with E-state index in [9.17, 15) is 9.18 Å². The quantitative estimate of drug-likeness (QED) is 0.555. The summed E-state index contributed by atoms with van der Waals surface area (Å²) < 4.78 is 19.6. The fourth-order valence-electron chi connectivity index (χ4n) is 4.28. The van der Waals surface area contributed by atoms with Gasteiger partial charge in [-0.25, -0.2) is 4.39 Å². The van der Waals surface area contributed by atoms with Gasteiger partial charge in [0.25, 0.3) is 0 Å². The van der Waals surface area contributed by atoms with Crippen LogP contribution in [-0.2, 0) is 4.79 Å². The van der Waals surface area contributed by atoms with E-state index in [1.54, 1.807) is 12.1 Å². The van der Waals surface area contributed by atoms with E-state index in [0.717, 1.165) is 42.8 Å². The van der Waals surface area contributed by atoms with Crippen LogP contribution in [0, 0.1) is 11.7 Å². The van der Waals surface area contributed by atoms with Gasteiger partial charge in [0.2, 0.25) is 5.91 Å². The Balaban J connectivity index is 1.64. The number of halogens is 1. The van der Waals surface area contributed by atoms with Crippen molar-refractivity contribution in [2.24, 2.45) is 5.92 Å². The minimum absolute atomic E-state index is 0.0281. The highest BCUT2D eigenvalue weighted by atomic mass is 19.1. The summed E-state index contributed by atoms with van der Waals surface area (Å²) in [5.74, 6) is 0.588. The highest BCUT2D eigenvalue weighted by Crippen LogP contribution is 2.31. The van der Waals surface area contributed by atoms with Gasteiger partial charge in [-0.15, -0.1) is 0 Å². The van der Waals surface area contributed by atoms with Crippen molar-refractivity contribution in [3.8, 4) is 5.75 Å². The number of para-hydroxylation sites is 1. The average molecular weight is 433 g/mol. The van der Waals surface area contributed by atoms with Crippen LogP contribution < -0.4 is 10.1 Å². The van der Waals surface area contributed by atoms with Gasteiger partial charge in [-0.05, 0) is 61.3 Å². The first-order valence-electron chi connectivity index (χ1n) is 11.2. The van der Waals surface area contributed by atoms with E-state index in [0.29, 0.717) is 13.2 Å². The van der Waals surface area contributed by atoms with Gasteiger partial charge < -0.3 is 15.0 Å². The SMILES string of the molecule is O=C(C1CCNCC1)N(CCOc1ccccc1)[C@@H](c1ccccc1)c1ccc(F)cc1. The number of amides is 1. The number of carbonyl (C=O) groups excluding carboxylic acids is 1. The van der Waals surface area contributed by atoms with Gasteiger partial charge in [-0.1, -0.05) is 60.7 Å². The van der Waals surface area contributed by atoms with Crippen LogP contribution in [-0.4, -0.2) is 37.0 Å². The third-order valence-corrected chi connectivity index (χ3v) is 5.93. The molecule has 166 valence electrons. The Bertz CT molecular complexity index is 974. The molecule has 1 heterocycles. The number of hydrogen-bond donors (Lipinski definition) is 1. The summed E-state index contributed by atoms with van der Waals surface area (Å²) in [7, 11) is 0. The van der Waals surface area contributed by atoms with Crippen LogP contribution in [0.3, 0.4) is 0 Å². The maximum Gasteiger partial charge on any atom is 0.226 e. The Morgan fingerprint density at radius 3 is 2.16 bits per heavy atom. The Labute approximate surface area is 189 Å². The first-order valence-corrected chi connectivity index (χ1v) is 11.2. The molecule has 4 rings (SSSR count). The fourth-order valence-corrected chi connectivity index (χ4v) is 4.28. The largest absolute Gasteiger partial charge is 0.492 e. The van der Waals surface area contributed by atoms with E-state index >= 15 is 0 Å². The lowest BCUT2D eigenvalue weighted by atomic mass is 9.92. The lowest BCUT2D eigenvalue weighted by molar-refractivity contribution is -0.138. The first-order chi connectivity index (χ1) is 15.7. The molecule has 0 saturated carbocycles. The second-order valence-corrected chi connectivity index (χ2v) is 8.08. The molecule has 0 aromatic heterocycles. The molecule has 1 saturated heterocycles. The summed E-state index contributed by atoms with van der Waals surface area (Å²) in [4.78, 5) is 15.7. The molecule has 5 heteroatoms. The van der Waals surface area contributed by atoms with Crippen molar-refractivity contribution in [2.45, 2.75) is 18.9 Å². The summed E-state index contributed by atoms with van der Waals surface area (Å²) in [6, 6.07) is 25.7.